The Morgan fingerprint density at radius 3 is 2.87 bits per heavy atom. The Kier molecular flexibility index (Phi) is 4.28. The number of aromatic nitrogens is 1. The van der Waals surface area contributed by atoms with Crippen molar-refractivity contribution in [1.82, 2.24) is 4.98 Å². The second-order valence-corrected chi connectivity index (χ2v) is 4.51. The maximum absolute atomic E-state index is 10.4. The molecule has 5 heteroatoms. The van der Waals surface area contributed by atoms with Gasteiger partial charge >= 0.3 is 0 Å². The van der Waals surface area contributed by atoms with Crippen LogP contribution in [0.15, 0.2) is 24.5 Å². The first-order valence-corrected chi connectivity index (χ1v) is 6.03. The molecule has 1 aromatic heterocycles. The Balaban J connectivity index is 2.36. The first-order chi connectivity index (χ1) is 7.08. The predicted molar refractivity (Wildman–Crippen MR) is 56.8 cm³/mol. The fourth-order valence-electron chi connectivity index (χ4n) is 0.944. The zero-order chi connectivity index (χ0) is 11.1. The highest BCUT2D eigenvalue weighted by molar-refractivity contribution is 7.85. The van der Waals surface area contributed by atoms with Gasteiger partial charge in [0.1, 0.15) is 0 Å². The number of unbranched alkanes of at least 4 members (excludes halogenated alkanes) is 1. The van der Waals surface area contributed by atoms with Gasteiger partial charge in [0.25, 0.3) is 10.1 Å². The molecule has 80 valence electrons. The second-order valence-electron chi connectivity index (χ2n) is 2.93. The molecule has 0 atom stereocenters. The van der Waals surface area contributed by atoms with Crippen LogP contribution in [0.4, 0.5) is 0 Å². The molecule has 4 nitrogen and oxygen atoms in total. The molecule has 0 aromatic carbocycles. The van der Waals surface area contributed by atoms with Crippen LogP contribution in [0, 0.1) is 11.8 Å². The molecule has 0 bridgehead atoms. The van der Waals surface area contributed by atoms with Gasteiger partial charge in [-0.1, -0.05) is 11.8 Å². The molecule has 0 aliphatic heterocycles. The van der Waals surface area contributed by atoms with Crippen LogP contribution in [0.5, 0.6) is 0 Å². The standard InChI is InChI=1S/C10H11NO3S/c12-15(13,14)8-3-1-2-5-10-6-4-7-11-9-10/h4,6-7,9H,1,3,8H2,(H,12,13,14). The molecule has 1 heterocycles. The minimum Gasteiger partial charge on any atom is -0.286 e. The zero-order valence-electron chi connectivity index (χ0n) is 8.05. The molecule has 0 saturated carbocycles. The van der Waals surface area contributed by atoms with Gasteiger partial charge in [-0.2, -0.15) is 8.42 Å². The highest BCUT2D eigenvalue weighted by Crippen LogP contribution is 1.95. The van der Waals surface area contributed by atoms with E-state index in [1.54, 1.807) is 18.5 Å². The van der Waals surface area contributed by atoms with Gasteiger partial charge in [0, 0.05) is 24.4 Å². The Hall–Kier alpha value is -1.38. The van der Waals surface area contributed by atoms with Crippen LogP contribution in [0.3, 0.4) is 0 Å². The molecule has 1 aromatic rings. The van der Waals surface area contributed by atoms with E-state index < -0.39 is 10.1 Å². The highest BCUT2D eigenvalue weighted by atomic mass is 32.2. The van der Waals surface area contributed by atoms with Crippen molar-refractivity contribution in [1.29, 1.82) is 0 Å². The second kappa shape index (κ2) is 5.49. The number of hydrogen-bond acceptors (Lipinski definition) is 3. The van der Waals surface area contributed by atoms with Crippen molar-refractivity contribution in [2.75, 3.05) is 5.75 Å². The number of rotatable bonds is 3. The van der Waals surface area contributed by atoms with Crippen molar-refractivity contribution in [2.45, 2.75) is 12.8 Å². The van der Waals surface area contributed by atoms with E-state index in [1.807, 2.05) is 6.07 Å². The van der Waals surface area contributed by atoms with Gasteiger partial charge in [0.2, 0.25) is 0 Å². The lowest BCUT2D eigenvalue weighted by molar-refractivity contribution is 0.481. The summed E-state index contributed by atoms with van der Waals surface area (Å²) in [6.07, 6.45) is 4.07. The molecule has 0 radical (unpaired) electrons. The van der Waals surface area contributed by atoms with E-state index in [4.69, 9.17) is 4.55 Å². The van der Waals surface area contributed by atoms with Crippen LogP contribution >= 0.6 is 0 Å². The average Bonchev–Trinajstić information content (AvgIpc) is 2.17. The molecule has 1 N–H and O–H groups in total. The number of hydrogen-bond donors (Lipinski definition) is 1. The third-order valence-corrected chi connectivity index (χ3v) is 2.40. The van der Waals surface area contributed by atoms with Crippen LogP contribution in [0.2, 0.25) is 0 Å². The van der Waals surface area contributed by atoms with Crippen molar-refractivity contribution in [3.63, 3.8) is 0 Å². The Labute approximate surface area is 89.1 Å². The largest absolute Gasteiger partial charge is 0.286 e. The molecule has 0 amide bonds. The van der Waals surface area contributed by atoms with Gasteiger partial charge in [-0.25, -0.2) is 0 Å². The SMILES string of the molecule is O=S(=O)(O)CCCC#Cc1cccnc1. The van der Waals surface area contributed by atoms with E-state index in [9.17, 15) is 8.42 Å². The van der Waals surface area contributed by atoms with Gasteiger partial charge in [0.05, 0.1) is 5.75 Å². The van der Waals surface area contributed by atoms with Crippen LogP contribution in [0.1, 0.15) is 18.4 Å². The monoisotopic (exact) mass is 225 g/mol. The van der Waals surface area contributed by atoms with E-state index in [2.05, 4.69) is 16.8 Å². The molecule has 0 spiro atoms. The third kappa shape index (κ3) is 5.83. The summed E-state index contributed by atoms with van der Waals surface area (Å²) in [7, 11) is -3.85. The van der Waals surface area contributed by atoms with E-state index in [-0.39, 0.29) is 5.75 Å². The quantitative estimate of drug-likeness (QED) is 0.475. The Bertz CT molecular complexity index is 456. The molecule has 0 unspecified atom stereocenters. The van der Waals surface area contributed by atoms with Gasteiger partial charge in [-0.15, -0.1) is 0 Å². The summed E-state index contributed by atoms with van der Waals surface area (Å²) in [5, 5.41) is 0. The summed E-state index contributed by atoms with van der Waals surface area (Å²) < 4.78 is 29.2. The van der Waals surface area contributed by atoms with E-state index in [0.29, 0.717) is 12.8 Å². The lowest BCUT2D eigenvalue weighted by Gasteiger charge is -1.91. The van der Waals surface area contributed by atoms with Crippen molar-refractivity contribution in [2.24, 2.45) is 0 Å². The van der Waals surface area contributed by atoms with Crippen LogP contribution in [-0.2, 0) is 10.1 Å². The van der Waals surface area contributed by atoms with Crippen molar-refractivity contribution < 1.29 is 13.0 Å². The maximum Gasteiger partial charge on any atom is 0.264 e. The minimum atomic E-state index is -3.85. The molecule has 0 aliphatic rings. The molecule has 0 saturated heterocycles. The normalized spacial score (nSPS) is 10.5. The maximum atomic E-state index is 10.4. The smallest absolute Gasteiger partial charge is 0.264 e. The Morgan fingerprint density at radius 1 is 1.47 bits per heavy atom. The first-order valence-electron chi connectivity index (χ1n) is 4.42. The first kappa shape index (κ1) is 11.7. The zero-order valence-corrected chi connectivity index (χ0v) is 8.87. The topological polar surface area (TPSA) is 67.3 Å². The fourth-order valence-corrected chi connectivity index (χ4v) is 1.45. The van der Waals surface area contributed by atoms with Gasteiger partial charge in [-0.3, -0.25) is 9.54 Å². The minimum absolute atomic E-state index is 0.241. The number of pyridine rings is 1. The van der Waals surface area contributed by atoms with E-state index in [1.165, 1.54) is 0 Å². The molecule has 0 fully saturated rings. The summed E-state index contributed by atoms with van der Waals surface area (Å²) in [6.45, 7) is 0. The average molecular weight is 225 g/mol. The van der Waals surface area contributed by atoms with E-state index >= 15 is 0 Å². The third-order valence-electron chi connectivity index (χ3n) is 1.60. The highest BCUT2D eigenvalue weighted by Gasteiger charge is 2.01. The summed E-state index contributed by atoms with van der Waals surface area (Å²) in [5.74, 6) is 5.41. The van der Waals surface area contributed by atoms with E-state index in [0.717, 1.165) is 5.56 Å². The van der Waals surface area contributed by atoms with Crippen molar-refractivity contribution in [3.05, 3.63) is 30.1 Å². The summed E-state index contributed by atoms with van der Waals surface area (Å²) in [6, 6.07) is 3.60. The molecule has 15 heavy (non-hydrogen) atoms. The van der Waals surface area contributed by atoms with Crippen LogP contribution < -0.4 is 0 Å². The summed E-state index contributed by atoms with van der Waals surface area (Å²) >= 11 is 0. The van der Waals surface area contributed by atoms with Crippen molar-refractivity contribution >= 4 is 10.1 Å². The molecular weight excluding hydrogens is 214 g/mol. The van der Waals surface area contributed by atoms with Crippen molar-refractivity contribution in [3.8, 4) is 11.8 Å². The lowest BCUT2D eigenvalue weighted by atomic mass is 10.2. The van der Waals surface area contributed by atoms with Gasteiger partial charge in [-0.05, 0) is 18.6 Å². The van der Waals surface area contributed by atoms with Gasteiger partial charge < -0.3 is 0 Å². The molecule has 0 aliphatic carbocycles. The van der Waals surface area contributed by atoms with Crippen LogP contribution in [0.25, 0.3) is 0 Å². The molecular formula is C10H11NO3S. The number of nitrogens with zero attached hydrogens (tertiary/aromatic N) is 1. The lowest BCUT2D eigenvalue weighted by Crippen LogP contribution is -2.02. The summed E-state index contributed by atoms with van der Waals surface area (Å²) in [4.78, 5) is 3.88. The predicted octanol–water partition coefficient (Wildman–Crippen LogP) is 1.10. The van der Waals surface area contributed by atoms with Gasteiger partial charge in [0.15, 0.2) is 0 Å². The fraction of sp³-hybridized carbons (Fsp3) is 0.300. The Morgan fingerprint density at radius 2 is 2.27 bits per heavy atom. The molecule has 1 rings (SSSR count). The van der Waals surface area contributed by atoms with Crippen LogP contribution in [-0.4, -0.2) is 23.7 Å². The summed E-state index contributed by atoms with van der Waals surface area (Å²) in [5.41, 5.74) is 0.796.